The van der Waals surface area contributed by atoms with Crippen molar-refractivity contribution in [2.45, 2.75) is 90.6 Å². The first kappa shape index (κ1) is 28.9. The lowest BCUT2D eigenvalue weighted by molar-refractivity contribution is -0.141. The Morgan fingerprint density at radius 2 is 1.92 bits per heavy atom. The molecule has 3 rings (SSSR count). The topological polar surface area (TPSA) is 43.7 Å². The molecule has 0 radical (unpaired) electrons. The number of rotatable bonds is 10. The van der Waals surface area contributed by atoms with Crippen LogP contribution in [0.3, 0.4) is 0 Å². The van der Waals surface area contributed by atoms with Crippen LogP contribution in [0.4, 0.5) is 17.6 Å². The maximum atomic E-state index is 14.6. The molecule has 0 N–H and O–H groups in total. The van der Waals surface area contributed by atoms with E-state index >= 15 is 0 Å². The number of hydrogen-bond donors (Lipinski definition) is 0. The lowest BCUT2D eigenvalue weighted by Crippen LogP contribution is -2.31. The van der Waals surface area contributed by atoms with E-state index in [1.54, 1.807) is 7.11 Å². The number of allylic oxidation sites excluding steroid dienone is 3. The Hall–Kier alpha value is -2.64. The zero-order valence-electron chi connectivity index (χ0n) is 22.2. The molecule has 37 heavy (non-hydrogen) atoms. The molecule has 0 bridgehead atoms. The van der Waals surface area contributed by atoms with Crippen LogP contribution in [-0.2, 0) is 22.3 Å². The van der Waals surface area contributed by atoms with Crippen molar-refractivity contribution in [2.24, 2.45) is 16.8 Å². The van der Waals surface area contributed by atoms with Crippen LogP contribution in [0.15, 0.2) is 58.8 Å². The average molecular weight is 523 g/mol. The standard InChI is InChI=1S/C29H38F4N2O2/c1-5-7-24(18-34-20(3)22-12-14-28(30,6-2)15-13-22)23-9-10-25(26(16-23)36-4)37-19-21-8-11-27(35-17-21)29(31,32)33/h8,10-11,16-18,22-23H,5-7,9,12-15,19H2,1-4H3/b24-18+,34-20?. The molecule has 2 aliphatic rings. The van der Waals surface area contributed by atoms with Gasteiger partial charge in [-0.3, -0.25) is 9.98 Å². The molecule has 8 heteroatoms. The van der Waals surface area contributed by atoms with E-state index in [9.17, 15) is 17.6 Å². The second-order valence-electron chi connectivity index (χ2n) is 9.99. The Balaban J connectivity index is 1.65. The summed E-state index contributed by atoms with van der Waals surface area (Å²) >= 11 is 0. The fourth-order valence-corrected chi connectivity index (χ4v) is 4.89. The first-order valence-corrected chi connectivity index (χ1v) is 13.1. The van der Waals surface area contributed by atoms with Gasteiger partial charge in [-0.25, -0.2) is 4.39 Å². The van der Waals surface area contributed by atoms with Gasteiger partial charge >= 0.3 is 6.18 Å². The van der Waals surface area contributed by atoms with E-state index < -0.39 is 17.5 Å². The molecular weight excluding hydrogens is 484 g/mol. The molecule has 1 aromatic heterocycles. The summed E-state index contributed by atoms with van der Waals surface area (Å²) in [7, 11) is 1.57. The molecule has 0 amide bonds. The summed E-state index contributed by atoms with van der Waals surface area (Å²) in [5.74, 6) is 1.58. The summed E-state index contributed by atoms with van der Waals surface area (Å²) in [6.45, 7) is 6.18. The summed E-state index contributed by atoms with van der Waals surface area (Å²) in [6.07, 6.45) is 8.69. The van der Waals surface area contributed by atoms with Crippen LogP contribution >= 0.6 is 0 Å². The number of aliphatic imine (C=N–C) groups is 1. The third-order valence-electron chi connectivity index (χ3n) is 7.44. The van der Waals surface area contributed by atoms with Crippen molar-refractivity contribution in [1.82, 2.24) is 4.98 Å². The quantitative estimate of drug-likeness (QED) is 0.229. The lowest BCUT2D eigenvalue weighted by Gasteiger charge is -2.33. The first-order valence-electron chi connectivity index (χ1n) is 13.1. The van der Waals surface area contributed by atoms with E-state index in [0.717, 1.165) is 37.5 Å². The van der Waals surface area contributed by atoms with Crippen LogP contribution in [0.2, 0.25) is 0 Å². The van der Waals surface area contributed by atoms with E-state index in [4.69, 9.17) is 14.5 Å². The van der Waals surface area contributed by atoms with Crippen LogP contribution in [0.5, 0.6) is 0 Å². The summed E-state index contributed by atoms with van der Waals surface area (Å²) in [5.41, 5.74) is 0.848. The number of nitrogens with zero attached hydrogens (tertiary/aromatic N) is 2. The molecular formula is C29H38F4N2O2. The maximum absolute atomic E-state index is 14.6. The number of pyridine rings is 1. The van der Waals surface area contributed by atoms with E-state index in [1.807, 2.05) is 32.2 Å². The van der Waals surface area contributed by atoms with Crippen molar-refractivity contribution >= 4 is 5.71 Å². The highest BCUT2D eigenvalue weighted by molar-refractivity contribution is 5.85. The van der Waals surface area contributed by atoms with Crippen molar-refractivity contribution in [3.8, 4) is 0 Å². The van der Waals surface area contributed by atoms with Gasteiger partial charge in [-0.15, -0.1) is 0 Å². The van der Waals surface area contributed by atoms with Crippen LogP contribution in [0, 0.1) is 11.8 Å². The largest absolute Gasteiger partial charge is 0.493 e. The van der Waals surface area contributed by atoms with E-state index in [1.165, 1.54) is 17.8 Å². The monoisotopic (exact) mass is 522 g/mol. The SMILES string of the molecule is CCC/C(=C\N=C(C)C1CCC(F)(CC)CC1)C1C=C(OC)C(OCc2ccc(C(F)(F)F)nc2)=CC1. The number of ether oxygens (including phenoxy) is 2. The molecule has 1 aromatic rings. The Kier molecular flexibility index (Phi) is 9.96. The Bertz CT molecular complexity index is 1020. The van der Waals surface area contributed by atoms with E-state index in [0.29, 0.717) is 48.7 Å². The van der Waals surface area contributed by atoms with Gasteiger partial charge in [-0.2, -0.15) is 13.2 Å². The molecule has 204 valence electrons. The first-order chi connectivity index (χ1) is 17.6. The normalized spacial score (nSPS) is 25.4. The van der Waals surface area contributed by atoms with Gasteiger partial charge in [0, 0.05) is 29.6 Å². The van der Waals surface area contributed by atoms with Crippen molar-refractivity contribution in [3.05, 3.63) is 65.0 Å². The second kappa shape index (κ2) is 12.7. The Morgan fingerprint density at radius 1 is 1.19 bits per heavy atom. The summed E-state index contributed by atoms with van der Waals surface area (Å²) in [4.78, 5) is 8.29. The fourth-order valence-electron chi connectivity index (χ4n) is 4.89. The van der Waals surface area contributed by atoms with Gasteiger partial charge in [-0.05, 0) is 81.6 Å². The zero-order chi connectivity index (χ0) is 27.1. The van der Waals surface area contributed by atoms with Crippen LogP contribution in [-0.4, -0.2) is 23.5 Å². The molecule has 0 saturated heterocycles. The summed E-state index contributed by atoms with van der Waals surface area (Å²) < 4.78 is 64.2. The highest BCUT2D eigenvalue weighted by Gasteiger charge is 2.34. The van der Waals surface area contributed by atoms with Crippen molar-refractivity contribution in [2.75, 3.05) is 7.11 Å². The molecule has 0 aliphatic heterocycles. The molecule has 1 atom stereocenters. The maximum Gasteiger partial charge on any atom is 0.433 e. The lowest BCUT2D eigenvalue weighted by atomic mass is 9.77. The van der Waals surface area contributed by atoms with Gasteiger partial charge in [0.2, 0.25) is 0 Å². The van der Waals surface area contributed by atoms with Crippen LogP contribution in [0.1, 0.15) is 83.4 Å². The molecule has 1 fully saturated rings. The molecule has 1 heterocycles. The summed E-state index contributed by atoms with van der Waals surface area (Å²) in [5, 5.41) is 0. The minimum absolute atomic E-state index is 0.0864. The highest BCUT2D eigenvalue weighted by Crippen LogP contribution is 2.38. The van der Waals surface area contributed by atoms with E-state index in [-0.39, 0.29) is 12.5 Å². The predicted octanol–water partition coefficient (Wildman–Crippen LogP) is 8.50. The molecule has 0 aromatic carbocycles. The summed E-state index contributed by atoms with van der Waals surface area (Å²) in [6, 6.07) is 2.31. The van der Waals surface area contributed by atoms with E-state index in [2.05, 4.69) is 11.9 Å². The van der Waals surface area contributed by atoms with Crippen molar-refractivity contribution in [1.29, 1.82) is 0 Å². The number of hydrogen-bond acceptors (Lipinski definition) is 4. The van der Waals surface area contributed by atoms with Gasteiger partial charge in [0.25, 0.3) is 0 Å². The number of methoxy groups -OCH3 is 1. The molecule has 1 saturated carbocycles. The van der Waals surface area contributed by atoms with Gasteiger partial charge in [0.05, 0.1) is 7.11 Å². The van der Waals surface area contributed by atoms with Crippen molar-refractivity contribution < 1.29 is 27.0 Å². The molecule has 0 spiro atoms. The molecule has 2 aliphatic carbocycles. The molecule has 4 nitrogen and oxygen atoms in total. The molecule has 1 unspecified atom stereocenters. The smallest absolute Gasteiger partial charge is 0.433 e. The predicted molar refractivity (Wildman–Crippen MR) is 137 cm³/mol. The number of aromatic nitrogens is 1. The Morgan fingerprint density at radius 3 is 2.49 bits per heavy atom. The van der Waals surface area contributed by atoms with Gasteiger partial charge < -0.3 is 9.47 Å². The fraction of sp³-hybridized carbons (Fsp3) is 0.586. The van der Waals surface area contributed by atoms with Crippen LogP contribution in [0.25, 0.3) is 0 Å². The minimum Gasteiger partial charge on any atom is -0.493 e. The van der Waals surface area contributed by atoms with Gasteiger partial charge in [-0.1, -0.05) is 26.3 Å². The van der Waals surface area contributed by atoms with Gasteiger partial charge in [0.15, 0.2) is 11.5 Å². The second-order valence-corrected chi connectivity index (χ2v) is 9.99. The van der Waals surface area contributed by atoms with Crippen LogP contribution < -0.4 is 0 Å². The third kappa shape index (κ3) is 7.92. The Labute approximate surface area is 217 Å². The number of alkyl halides is 4. The zero-order valence-corrected chi connectivity index (χ0v) is 22.2. The highest BCUT2D eigenvalue weighted by atomic mass is 19.4. The third-order valence-corrected chi connectivity index (χ3v) is 7.44. The van der Waals surface area contributed by atoms with Crippen molar-refractivity contribution in [3.63, 3.8) is 0 Å². The average Bonchev–Trinajstić information content (AvgIpc) is 2.89. The van der Waals surface area contributed by atoms with Gasteiger partial charge in [0.1, 0.15) is 18.0 Å². The minimum atomic E-state index is -4.47. The number of halogens is 4.